The van der Waals surface area contributed by atoms with E-state index in [1.54, 1.807) is 25.3 Å². The molecule has 0 saturated carbocycles. The quantitative estimate of drug-likeness (QED) is 0.623. The Bertz CT molecular complexity index is 618. The van der Waals surface area contributed by atoms with E-state index in [1.807, 2.05) is 0 Å². The predicted octanol–water partition coefficient (Wildman–Crippen LogP) is 1.87. The zero-order valence-electron chi connectivity index (χ0n) is 13.4. The van der Waals surface area contributed by atoms with E-state index in [-0.39, 0.29) is 0 Å². The number of nitrogens with zero attached hydrogens (tertiary/aromatic N) is 4. The third-order valence-corrected chi connectivity index (χ3v) is 3.86. The highest BCUT2D eigenvalue weighted by atomic mass is 32.1. The lowest BCUT2D eigenvalue weighted by Gasteiger charge is -2.09. The Morgan fingerprint density at radius 1 is 1.36 bits per heavy atom. The largest absolute Gasteiger partial charge is 0.356 e. The van der Waals surface area contributed by atoms with Crippen LogP contribution in [0.1, 0.15) is 42.2 Å². The molecule has 2 rings (SSSR count). The molecule has 0 amide bonds. The highest BCUT2D eigenvalue weighted by Gasteiger charge is 2.07. The minimum absolute atomic E-state index is 0.459. The molecule has 0 aromatic carbocycles. The molecule has 0 fully saturated rings. The maximum Gasteiger partial charge on any atom is 0.228 e. The number of rotatable bonds is 6. The molecule has 2 N–H and O–H groups in total. The molecular formula is C14H22N6OS. The van der Waals surface area contributed by atoms with E-state index in [4.69, 9.17) is 4.52 Å². The maximum atomic E-state index is 5.06. The normalized spacial score (nSPS) is 12.0. The van der Waals surface area contributed by atoms with Gasteiger partial charge in [-0.2, -0.15) is 4.98 Å². The van der Waals surface area contributed by atoms with E-state index >= 15 is 0 Å². The van der Waals surface area contributed by atoms with Gasteiger partial charge in [0.1, 0.15) is 5.01 Å². The smallest absolute Gasteiger partial charge is 0.228 e. The molecule has 7 nitrogen and oxygen atoms in total. The summed E-state index contributed by atoms with van der Waals surface area (Å²) in [5.74, 6) is 2.47. The Morgan fingerprint density at radius 2 is 2.18 bits per heavy atom. The molecule has 0 bridgehead atoms. The summed E-state index contributed by atoms with van der Waals surface area (Å²) in [7, 11) is 1.74. The molecule has 22 heavy (non-hydrogen) atoms. The Labute approximate surface area is 134 Å². The predicted molar refractivity (Wildman–Crippen MR) is 87.1 cm³/mol. The van der Waals surface area contributed by atoms with E-state index in [2.05, 4.69) is 50.0 Å². The van der Waals surface area contributed by atoms with Crippen molar-refractivity contribution in [2.75, 3.05) is 13.6 Å². The van der Waals surface area contributed by atoms with Gasteiger partial charge in [0.25, 0.3) is 0 Å². The molecule has 2 aromatic rings. The molecule has 8 heteroatoms. The van der Waals surface area contributed by atoms with Gasteiger partial charge in [0, 0.05) is 25.4 Å². The first-order valence-electron chi connectivity index (χ1n) is 7.26. The molecule has 0 saturated heterocycles. The van der Waals surface area contributed by atoms with Crippen LogP contribution in [0, 0.1) is 6.92 Å². The van der Waals surface area contributed by atoms with Crippen molar-refractivity contribution in [2.24, 2.45) is 4.99 Å². The summed E-state index contributed by atoms with van der Waals surface area (Å²) >= 11 is 1.66. The highest BCUT2D eigenvalue weighted by Crippen LogP contribution is 2.17. The third kappa shape index (κ3) is 4.80. The lowest BCUT2D eigenvalue weighted by molar-refractivity contribution is 0.374. The van der Waals surface area contributed by atoms with Crippen LogP contribution in [0.15, 0.2) is 14.9 Å². The van der Waals surface area contributed by atoms with Gasteiger partial charge in [-0.3, -0.25) is 4.99 Å². The Balaban J connectivity index is 1.74. The number of nitrogens with one attached hydrogen (secondary N) is 2. The fourth-order valence-corrected chi connectivity index (χ4v) is 2.68. The van der Waals surface area contributed by atoms with Crippen LogP contribution in [0.25, 0.3) is 0 Å². The summed E-state index contributed by atoms with van der Waals surface area (Å²) in [4.78, 5) is 12.9. The van der Waals surface area contributed by atoms with Gasteiger partial charge in [-0.05, 0) is 12.8 Å². The minimum Gasteiger partial charge on any atom is -0.356 e. The average Bonchev–Trinajstić information content (AvgIpc) is 3.11. The van der Waals surface area contributed by atoms with E-state index in [9.17, 15) is 0 Å². The van der Waals surface area contributed by atoms with Crippen LogP contribution < -0.4 is 10.6 Å². The van der Waals surface area contributed by atoms with E-state index in [0.717, 1.165) is 16.7 Å². The van der Waals surface area contributed by atoms with E-state index in [0.29, 0.717) is 37.1 Å². The van der Waals surface area contributed by atoms with Gasteiger partial charge in [0.05, 0.1) is 12.2 Å². The highest BCUT2D eigenvalue weighted by molar-refractivity contribution is 7.09. The second-order valence-corrected chi connectivity index (χ2v) is 6.10. The first-order valence-corrected chi connectivity index (χ1v) is 8.14. The number of guanidine groups is 1. The molecule has 2 aromatic heterocycles. The van der Waals surface area contributed by atoms with Gasteiger partial charge in [-0.1, -0.05) is 19.0 Å². The Kier molecular flexibility index (Phi) is 5.88. The van der Waals surface area contributed by atoms with Crippen molar-refractivity contribution in [1.82, 2.24) is 25.8 Å². The molecule has 2 heterocycles. The summed E-state index contributed by atoms with van der Waals surface area (Å²) in [5, 5.41) is 13.4. The van der Waals surface area contributed by atoms with Crippen molar-refractivity contribution in [3.8, 4) is 0 Å². The first-order chi connectivity index (χ1) is 10.6. The zero-order valence-corrected chi connectivity index (χ0v) is 14.2. The van der Waals surface area contributed by atoms with E-state index < -0.39 is 0 Å². The minimum atomic E-state index is 0.459. The summed E-state index contributed by atoms with van der Waals surface area (Å²) in [6.07, 6.45) is 0.663. The van der Waals surface area contributed by atoms with Crippen molar-refractivity contribution < 1.29 is 4.52 Å². The Hall–Kier alpha value is -1.96. The standard InChI is InChI=1S/C14H22N6OS/c1-9(2)11-8-22-13(19-11)7-17-14(15-4)16-6-5-12-18-10(3)20-21-12/h8-9H,5-7H2,1-4H3,(H2,15,16,17). The molecular weight excluding hydrogens is 300 g/mol. The molecule has 0 aliphatic rings. The fraction of sp³-hybridized carbons (Fsp3) is 0.571. The second kappa shape index (κ2) is 7.88. The number of hydrogen-bond acceptors (Lipinski definition) is 6. The lowest BCUT2D eigenvalue weighted by atomic mass is 10.2. The van der Waals surface area contributed by atoms with Crippen molar-refractivity contribution in [3.05, 3.63) is 27.8 Å². The number of aliphatic imine (C=N–C) groups is 1. The summed E-state index contributed by atoms with van der Waals surface area (Å²) in [5.41, 5.74) is 1.14. The van der Waals surface area contributed by atoms with Gasteiger partial charge in [-0.15, -0.1) is 11.3 Å². The van der Waals surface area contributed by atoms with Gasteiger partial charge in [-0.25, -0.2) is 4.98 Å². The molecule has 120 valence electrons. The molecule has 0 unspecified atom stereocenters. The average molecular weight is 322 g/mol. The van der Waals surface area contributed by atoms with Crippen molar-refractivity contribution >= 4 is 17.3 Å². The van der Waals surface area contributed by atoms with E-state index in [1.165, 1.54) is 0 Å². The number of aromatic nitrogens is 3. The fourth-order valence-electron chi connectivity index (χ4n) is 1.78. The summed E-state index contributed by atoms with van der Waals surface area (Å²) in [6.45, 7) is 7.44. The number of aryl methyl sites for hydroxylation is 1. The zero-order chi connectivity index (χ0) is 15.9. The van der Waals surface area contributed by atoms with Crippen LogP contribution in [0.4, 0.5) is 0 Å². The van der Waals surface area contributed by atoms with Crippen LogP contribution >= 0.6 is 11.3 Å². The molecule has 0 spiro atoms. The molecule has 0 aliphatic heterocycles. The SMILES string of the molecule is CN=C(NCCc1nc(C)no1)NCc1nc(C(C)C)cs1. The number of hydrogen-bond donors (Lipinski definition) is 2. The van der Waals surface area contributed by atoms with Gasteiger partial charge in [0.15, 0.2) is 11.8 Å². The molecule has 0 atom stereocenters. The van der Waals surface area contributed by atoms with Gasteiger partial charge < -0.3 is 15.2 Å². The van der Waals surface area contributed by atoms with Gasteiger partial charge in [0.2, 0.25) is 5.89 Å². The monoisotopic (exact) mass is 322 g/mol. The van der Waals surface area contributed by atoms with Crippen LogP contribution in [-0.4, -0.2) is 34.7 Å². The van der Waals surface area contributed by atoms with Crippen molar-refractivity contribution in [3.63, 3.8) is 0 Å². The van der Waals surface area contributed by atoms with Crippen LogP contribution in [0.3, 0.4) is 0 Å². The first kappa shape index (κ1) is 16.4. The maximum absolute atomic E-state index is 5.06. The summed E-state index contributed by atoms with van der Waals surface area (Å²) < 4.78 is 5.06. The van der Waals surface area contributed by atoms with Crippen LogP contribution in [0.2, 0.25) is 0 Å². The lowest BCUT2D eigenvalue weighted by Crippen LogP contribution is -2.37. The summed E-state index contributed by atoms with van der Waals surface area (Å²) in [6, 6.07) is 0. The number of thiazole rings is 1. The molecule has 0 radical (unpaired) electrons. The van der Waals surface area contributed by atoms with Crippen molar-refractivity contribution in [2.45, 2.75) is 39.7 Å². The van der Waals surface area contributed by atoms with Gasteiger partial charge >= 0.3 is 0 Å². The third-order valence-electron chi connectivity index (χ3n) is 2.99. The van der Waals surface area contributed by atoms with Crippen molar-refractivity contribution in [1.29, 1.82) is 0 Å². The van der Waals surface area contributed by atoms with Crippen LogP contribution in [-0.2, 0) is 13.0 Å². The second-order valence-electron chi connectivity index (χ2n) is 5.16. The molecule has 0 aliphatic carbocycles. The topological polar surface area (TPSA) is 88.2 Å². The van der Waals surface area contributed by atoms with Crippen LogP contribution in [0.5, 0.6) is 0 Å². The Morgan fingerprint density at radius 3 is 2.77 bits per heavy atom.